The molecule has 0 atom stereocenters. The molecule has 0 aliphatic carbocycles. The Morgan fingerprint density at radius 1 is 1.44 bits per heavy atom. The van der Waals surface area contributed by atoms with Gasteiger partial charge in [0.25, 0.3) is 0 Å². The van der Waals surface area contributed by atoms with Crippen LogP contribution < -0.4 is 0 Å². The lowest BCUT2D eigenvalue weighted by molar-refractivity contribution is -0.125. The van der Waals surface area contributed by atoms with E-state index >= 15 is 0 Å². The first-order valence-electron chi connectivity index (χ1n) is 5.45. The van der Waals surface area contributed by atoms with Crippen molar-refractivity contribution in [2.24, 2.45) is 0 Å². The van der Waals surface area contributed by atoms with Gasteiger partial charge in [0.05, 0.1) is 0 Å². The minimum absolute atomic E-state index is 0.0394. The van der Waals surface area contributed by atoms with Gasteiger partial charge >= 0.3 is 0 Å². The smallest absolute Gasteiger partial charge is 0.246 e. The number of allylic oxidation sites excluding steroid dienone is 3. The van der Waals surface area contributed by atoms with Crippen molar-refractivity contribution in [3.63, 3.8) is 0 Å². The second kappa shape index (κ2) is 8.72. The van der Waals surface area contributed by atoms with Gasteiger partial charge in [-0.05, 0) is 26.3 Å². The van der Waals surface area contributed by atoms with E-state index in [1.807, 2.05) is 26.0 Å². The van der Waals surface area contributed by atoms with Crippen LogP contribution in [0.15, 0.2) is 49.1 Å². The monoisotopic (exact) mass is 219 g/mol. The van der Waals surface area contributed by atoms with E-state index in [9.17, 15) is 4.79 Å². The van der Waals surface area contributed by atoms with Crippen LogP contribution in [0.5, 0.6) is 0 Å². The first-order valence-corrected chi connectivity index (χ1v) is 5.45. The number of carbonyl (C=O) groups excluding carboxylic acids is 1. The minimum atomic E-state index is 0.0394. The third-order valence-corrected chi connectivity index (χ3v) is 1.92. The molecule has 0 aliphatic rings. The number of amides is 1. The Bertz CT molecular complexity index is 300. The summed E-state index contributed by atoms with van der Waals surface area (Å²) in [6, 6.07) is 0. The largest absolute Gasteiger partial charge is 0.335 e. The Labute approximate surface area is 98.6 Å². The average molecular weight is 219 g/mol. The van der Waals surface area contributed by atoms with Gasteiger partial charge in [-0.15, -0.1) is 0 Å². The average Bonchev–Trinajstić information content (AvgIpc) is 2.22. The van der Waals surface area contributed by atoms with Crippen molar-refractivity contribution < 1.29 is 4.79 Å². The Hall–Kier alpha value is -1.57. The molecular formula is C14H21NO. The third kappa shape index (κ3) is 6.82. The van der Waals surface area contributed by atoms with Gasteiger partial charge in [0.15, 0.2) is 0 Å². The van der Waals surface area contributed by atoms with E-state index < -0.39 is 0 Å². The SMILES string of the molecule is C=C/C=C/CCN(CC(=C)C)C(=O)/C=C/C. The van der Waals surface area contributed by atoms with Crippen molar-refractivity contribution in [1.82, 2.24) is 4.90 Å². The van der Waals surface area contributed by atoms with Gasteiger partial charge in [-0.3, -0.25) is 4.79 Å². The summed E-state index contributed by atoms with van der Waals surface area (Å²) in [6.45, 7) is 12.5. The van der Waals surface area contributed by atoms with Crippen LogP contribution in [-0.4, -0.2) is 23.9 Å². The standard InChI is InChI=1S/C14H21NO/c1-5-7-8-9-11-15(12-13(3)4)14(16)10-6-2/h5-8,10H,1,3,9,11-12H2,2,4H3/b8-7+,10-6+. The summed E-state index contributed by atoms with van der Waals surface area (Å²) in [7, 11) is 0. The summed E-state index contributed by atoms with van der Waals surface area (Å²) in [5.41, 5.74) is 0.991. The highest BCUT2D eigenvalue weighted by atomic mass is 16.2. The summed E-state index contributed by atoms with van der Waals surface area (Å²) < 4.78 is 0. The molecule has 16 heavy (non-hydrogen) atoms. The van der Waals surface area contributed by atoms with Crippen LogP contribution in [0.2, 0.25) is 0 Å². The zero-order valence-electron chi connectivity index (χ0n) is 10.3. The lowest BCUT2D eigenvalue weighted by Gasteiger charge is -2.20. The van der Waals surface area contributed by atoms with Gasteiger partial charge in [-0.2, -0.15) is 0 Å². The fraction of sp³-hybridized carbons (Fsp3) is 0.357. The molecular weight excluding hydrogens is 198 g/mol. The normalized spacial score (nSPS) is 10.9. The minimum Gasteiger partial charge on any atom is -0.335 e. The van der Waals surface area contributed by atoms with E-state index in [0.29, 0.717) is 13.1 Å². The van der Waals surface area contributed by atoms with E-state index in [0.717, 1.165) is 12.0 Å². The number of rotatable bonds is 7. The van der Waals surface area contributed by atoms with Crippen LogP contribution in [0.25, 0.3) is 0 Å². The maximum absolute atomic E-state index is 11.7. The van der Waals surface area contributed by atoms with Gasteiger partial charge in [-0.1, -0.05) is 43.0 Å². The number of nitrogens with zero attached hydrogens (tertiary/aromatic N) is 1. The van der Waals surface area contributed by atoms with E-state index in [1.165, 1.54) is 0 Å². The number of carbonyl (C=O) groups is 1. The van der Waals surface area contributed by atoms with Crippen molar-refractivity contribution in [2.45, 2.75) is 20.3 Å². The molecule has 0 heterocycles. The zero-order chi connectivity index (χ0) is 12.4. The molecule has 0 saturated heterocycles. The first-order chi connectivity index (χ1) is 7.61. The predicted molar refractivity (Wildman–Crippen MR) is 70.2 cm³/mol. The molecule has 0 rings (SSSR count). The van der Waals surface area contributed by atoms with Crippen LogP contribution in [0, 0.1) is 0 Å². The van der Waals surface area contributed by atoms with Crippen molar-refractivity contribution >= 4 is 5.91 Å². The summed E-state index contributed by atoms with van der Waals surface area (Å²) in [6.07, 6.45) is 9.80. The van der Waals surface area contributed by atoms with Crippen LogP contribution >= 0.6 is 0 Å². The van der Waals surface area contributed by atoms with Crippen LogP contribution in [0.4, 0.5) is 0 Å². The Morgan fingerprint density at radius 2 is 2.12 bits per heavy atom. The van der Waals surface area contributed by atoms with Crippen molar-refractivity contribution in [3.05, 3.63) is 49.1 Å². The van der Waals surface area contributed by atoms with Gasteiger partial charge in [-0.25, -0.2) is 0 Å². The maximum atomic E-state index is 11.7. The molecule has 2 nitrogen and oxygen atoms in total. The molecule has 0 N–H and O–H groups in total. The predicted octanol–water partition coefficient (Wildman–Crippen LogP) is 3.10. The first kappa shape index (κ1) is 14.4. The van der Waals surface area contributed by atoms with Gasteiger partial charge in [0.2, 0.25) is 5.91 Å². The number of hydrogen-bond donors (Lipinski definition) is 0. The van der Waals surface area contributed by atoms with Gasteiger partial charge in [0, 0.05) is 13.1 Å². The number of hydrogen-bond acceptors (Lipinski definition) is 1. The van der Waals surface area contributed by atoms with E-state index in [4.69, 9.17) is 0 Å². The summed E-state index contributed by atoms with van der Waals surface area (Å²) in [5.74, 6) is 0.0394. The zero-order valence-corrected chi connectivity index (χ0v) is 10.3. The van der Waals surface area contributed by atoms with Crippen molar-refractivity contribution in [1.29, 1.82) is 0 Å². The lowest BCUT2D eigenvalue weighted by Crippen LogP contribution is -2.31. The van der Waals surface area contributed by atoms with Crippen molar-refractivity contribution in [2.75, 3.05) is 13.1 Å². The van der Waals surface area contributed by atoms with Crippen LogP contribution in [-0.2, 0) is 4.79 Å². The molecule has 0 bridgehead atoms. The fourth-order valence-electron chi connectivity index (χ4n) is 1.26. The topological polar surface area (TPSA) is 20.3 Å². The molecule has 0 unspecified atom stereocenters. The Kier molecular flexibility index (Phi) is 7.86. The van der Waals surface area contributed by atoms with Gasteiger partial charge < -0.3 is 4.90 Å². The Morgan fingerprint density at radius 3 is 2.62 bits per heavy atom. The van der Waals surface area contributed by atoms with E-state index in [-0.39, 0.29) is 5.91 Å². The fourth-order valence-corrected chi connectivity index (χ4v) is 1.26. The second-order valence-electron chi connectivity index (χ2n) is 3.67. The van der Waals surface area contributed by atoms with Crippen molar-refractivity contribution in [3.8, 4) is 0 Å². The third-order valence-electron chi connectivity index (χ3n) is 1.92. The molecule has 0 saturated carbocycles. The molecule has 2 heteroatoms. The molecule has 0 radical (unpaired) electrons. The van der Waals surface area contributed by atoms with Gasteiger partial charge in [0.1, 0.15) is 0 Å². The molecule has 0 aromatic carbocycles. The molecule has 88 valence electrons. The van der Waals surface area contributed by atoms with E-state index in [2.05, 4.69) is 13.2 Å². The summed E-state index contributed by atoms with van der Waals surface area (Å²) >= 11 is 0. The Balaban J connectivity index is 4.30. The highest BCUT2D eigenvalue weighted by molar-refractivity contribution is 5.87. The summed E-state index contributed by atoms with van der Waals surface area (Å²) in [4.78, 5) is 13.5. The van der Waals surface area contributed by atoms with E-state index in [1.54, 1.807) is 23.1 Å². The van der Waals surface area contributed by atoms with Crippen LogP contribution in [0.3, 0.4) is 0 Å². The quantitative estimate of drug-likeness (QED) is 0.366. The maximum Gasteiger partial charge on any atom is 0.246 e. The molecule has 0 aliphatic heterocycles. The lowest BCUT2D eigenvalue weighted by atomic mass is 10.2. The second-order valence-corrected chi connectivity index (χ2v) is 3.67. The summed E-state index contributed by atoms with van der Waals surface area (Å²) in [5, 5.41) is 0. The molecule has 0 aromatic rings. The highest BCUT2D eigenvalue weighted by Gasteiger charge is 2.08. The molecule has 0 aromatic heterocycles. The molecule has 0 spiro atoms. The molecule has 0 fully saturated rings. The molecule has 1 amide bonds. The highest BCUT2D eigenvalue weighted by Crippen LogP contribution is 2.00. The van der Waals surface area contributed by atoms with Crippen LogP contribution in [0.1, 0.15) is 20.3 Å².